The highest BCUT2D eigenvalue weighted by molar-refractivity contribution is 8.17. The van der Waals surface area contributed by atoms with Gasteiger partial charge >= 0.3 is 0 Å². The Hall–Kier alpha value is -0.120. The lowest BCUT2D eigenvalue weighted by Gasteiger charge is -2.27. The predicted octanol–water partition coefficient (Wildman–Crippen LogP) is 4.19. The molecule has 2 atom stereocenters. The minimum Gasteiger partial charge on any atom is -0.388 e. The number of aliphatic hydroxyl groups is 1. The Morgan fingerprint density at radius 3 is 2.06 bits per heavy atom. The number of thioether (sulfide) groups is 2. The van der Waals surface area contributed by atoms with Gasteiger partial charge in [-0.1, -0.05) is 51.1 Å². The maximum absolute atomic E-state index is 10.4. The van der Waals surface area contributed by atoms with Gasteiger partial charge in [-0.05, 0) is 17.1 Å². The summed E-state index contributed by atoms with van der Waals surface area (Å²) in [5, 5.41) is 10.4. The van der Waals surface area contributed by atoms with E-state index in [9.17, 15) is 5.11 Å². The van der Waals surface area contributed by atoms with Crippen LogP contribution in [0.3, 0.4) is 0 Å². The first-order valence-corrected chi connectivity index (χ1v) is 8.26. The smallest absolute Gasteiger partial charge is 0.0834 e. The molecule has 0 amide bonds. The van der Waals surface area contributed by atoms with Gasteiger partial charge in [0.2, 0.25) is 0 Å². The molecular weight excluding hydrogens is 248 g/mol. The van der Waals surface area contributed by atoms with Crippen LogP contribution in [0.1, 0.15) is 32.4 Å². The first-order valence-electron chi connectivity index (χ1n) is 6.16. The standard InChI is InChI=1S/C14H22OS2/c1-4-16-14(17-5-2)11(3)13(15)12-9-7-6-8-10-12/h6-11,13-15H,4-5H2,1-3H3. The zero-order chi connectivity index (χ0) is 12.7. The van der Waals surface area contributed by atoms with Crippen LogP contribution in [-0.4, -0.2) is 21.2 Å². The summed E-state index contributed by atoms with van der Waals surface area (Å²) < 4.78 is 0.472. The average molecular weight is 270 g/mol. The second-order valence-electron chi connectivity index (χ2n) is 3.99. The van der Waals surface area contributed by atoms with Gasteiger partial charge in [0, 0.05) is 5.92 Å². The van der Waals surface area contributed by atoms with Crippen molar-refractivity contribution in [2.24, 2.45) is 5.92 Å². The predicted molar refractivity (Wildman–Crippen MR) is 80.6 cm³/mol. The van der Waals surface area contributed by atoms with Crippen molar-refractivity contribution in [2.45, 2.75) is 31.5 Å². The number of hydrogen-bond donors (Lipinski definition) is 1. The second-order valence-corrected chi connectivity index (χ2v) is 7.13. The van der Waals surface area contributed by atoms with E-state index in [0.29, 0.717) is 4.58 Å². The Morgan fingerprint density at radius 1 is 1.06 bits per heavy atom. The highest BCUT2D eigenvalue weighted by Crippen LogP contribution is 2.37. The van der Waals surface area contributed by atoms with Crippen LogP contribution in [0.4, 0.5) is 0 Å². The largest absolute Gasteiger partial charge is 0.388 e. The summed E-state index contributed by atoms with van der Waals surface area (Å²) in [6.45, 7) is 6.50. The molecule has 0 aromatic heterocycles. The molecule has 3 heteroatoms. The molecule has 0 radical (unpaired) electrons. The third-order valence-electron chi connectivity index (χ3n) is 2.73. The topological polar surface area (TPSA) is 20.2 Å². The van der Waals surface area contributed by atoms with Gasteiger partial charge in [-0.3, -0.25) is 0 Å². The van der Waals surface area contributed by atoms with Crippen LogP contribution >= 0.6 is 23.5 Å². The zero-order valence-electron chi connectivity index (χ0n) is 10.8. The molecule has 1 nitrogen and oxygen atoms in total. The molecule has 96 valence electrons. The van der Waals surface area contributed by atoms with E-state index >= 15 is 0 Å². The number of hydrogen-bond acceptors (Lipinski definition) is 3. The van der Waals surface area contributed by atoms with Crippen molar-refractivity contribution >= 4 is 23.5 Å². The van der Waals surface area contributed by atoms with Crippen molar-refractivity contribution in [3.8, 4) is 0 Å². The quantitative estimate of drug-likeness (QED) is 0.750. The monoisotopic (exact) mass is 270 g/mol. The van der Waals surface area contributed by atoms with Gasteiger partial charge in [0.1, 0.15) is 0 Å². The summed E-state index contributed by atoms with van der Waals surface area (Å²) in [7, 11) is 0. The van der Waals surface area contributed by atoms with Crippen molar-refractivity contribution < 1.29 is 5.11 Å². The van der Waals surface area contributed by atoms with Crippen molar-refractivity contribution in [2.75, 3.05) is 11.5 Å². The zero-order valence-corrected chi connectivity index (χ0v) is 12.4. The molecule has 1 aromatic carbocycles. The lowest BCUT2D eigenvalue weighted by Crippen LogP contribution is -2.19. The fourth-order valence-corrected chi connectivity index (χ4v) is 4.55. The Morgan fingerprint density at radius 2 is 1.59 bits per heavy atom. The summed E-state index contributed by atoms with van der Waals surface area (Å²) in [6.07, 6.45) is -0.362. The fourth-order valence-electron chi connectivity index (χ4n) is 1.78. The van der Waals surface area contributed by atoms with Gasteiger partial charge < -0.3 is 5.11 Å². The fraction of sp³-hybridized carbons (Fsp3) is 0.571. The number of aliphatic hydroxyl groups excluding tert-OH is 1. The molecule has 0 aliphatic rings. The molecule has 1 N–H and O–H groups in total. The number of rotatable bonds is 7. The molecule has 2 unspecified atom stereocenters. The lowest BCUT2D eigenvalue weighted by molar-refractivity contribution is 0.125. The molecule has 0 heterocycles. The highest BCUT2D eigenvalue weighted by atomic mass is 32.2. The SMILES string of the molecule is CCSC(SCC)C(C)C(O)c1ccccc1. The summed E-state index contributed by atoms with van der Waals surface area (Å²) in [6, 6.07) is 9.97. The number of benzene rings is 1. The van der Waals surface area contributed by atoms with E-state index in [2.05, 4.69) is 20.8 Å². The van der Waals surface area contributed by atoms with Crippen molar-refractivity contribution in [3.05, 3.63) is 35.9 Å². The Balaban J connectivity index is 2.69. The van der Waals surface area contributed by atoms with E-state index < -0.39 is 0 Å². The minimum atomic E-state index is -0.362. The van der Waals surface area contributed by atoms with E-state index in [1.165, 1.54) is 0 Å². The molecule has 0 spiro atoms. The van der Waals surface area contributed by atoms with Crippen LogP contribution in [0.25, 0.3) is 0 Å². The van der Waals surface area contributed by atoms with Gasteiger partial charge in [-0.2, -0.15) is 0 Å². The normalized spacial score (nSPS) is 14.9. The van der Waals surface area contributed by atoms with Crippen LogP contribution in [-0.2, 0) is 0 Å². The maximum Gasteiger partial charge on any atom is 0.0834 e. The van der Waals surface area contributed by atoms with Crippen molar-refractivity contribution in [1.82, 2.24) is 0 Å². The molecule has 17 heavy (non-hydrogen) atoms. The van der Waals surface area contributed by atoms with Gasteiger partial charge in [-0.25, -0.2) is 0 Å². The Kier molecular flexibility index (Phi) is 7.09. The molecule has 1 aromatic rings. The summed E-state index contributed by atoms with van der Waals surface area (Å²) >= 11 is 3.87. The average Bonchev–Trinajstić information content (AvgIpc) is 2.38. The Bertz CT molecular complexity index is 296. The van der Waals surface area contributed by atoms with Crippen LogP contribution in [0.2, 0.25) is 0 Å². The van der Waals surface area contributed by atoms with Crippen molar-refractivity contribution in [3.63, 3.8) is 0 Å². The molecule has 0 saturated heterocycles. The summed E-state index contributed by atoms with van der Waals surface area (Å²) in [4.78, 5) is 0. The van der Waals surface area contributed by atoms with Gasteiger partial charge in [0.05, 0.1) is 10.7 Å². The van der Waals surface area contributed by atoms with Crippen LogP contribution in [0.15, 0.2) is 30.3 Å². The molecule has 0 saturated carbocycles. The molecule has 0 aliphatic carbocycles. The molecule has 0 bridgehead atoms. The van der Waals surface area contributed by atoms with E-state index in [1.807, 2.05) is 53.9 Å². The van der Waals surface area contributed by atoms with E-state index in [1.54, 1.807) is 0 Å². The van der Waals surface area contributed by atoms with Crippen LogP contribution < -0.4 is 0 Å². The maximum atomic E-state index is 10.4. The van der Waals surface area contributed by atoms with Crippen LogP contribution in [0.5, 0.6) is 0 Å². The molecule has 1 rings (SSSR count). The van der Waals surface area contributed by atoms with Crippen molar-refractivity contribution in [1.29, 1.82) is 0 Å². The Labute approximate surface area is 113 Å². The highest BCUT2D eigenvalue weighted by Gasteiger charge is 2.25. The molecule has 0 fully saturated rings. The first-order chi connectivity index (χ1) is 8.20. The summed E-state index contributed by atoms with van der Waals surface area (Å²) in [5.41, 5.74) is 1.03. The third-order valence-corrected chi connectivity index (χ3v) is 5.73. The molecule has 0 aliphatic heterocycles. The first kappa shape index (κ1) is 14.9. The van der Waals surface area contributed by atoms with Gasteiger partial charge in [0.15, 0.2) is 0 Å². The van der Waals surface area contributed by atoms with Gasteiger partial charge in [0.25, 0.3) is 0 Å². The van der Waals surface area contributed by atoms with E-state index in [-0.39, 0.29) is 12.0 Å². The minimum absolute atomic E-state index is 0.271. The van der Waals surface area contributed by atoms with Crippen LogP contribution in [0, 0.1) is 5.92 Å². The third kappa shape index (κ3) is 4.57. The summed E-state index contributed by atoms with van der Waals surface area (Å²) in [5.74, 6) is 2.47. The molecular formula is C14H22OS2. The van der Waals surface area contributed by atoms with Gasteiger partial charge in [-0.15, -0.1) is 23.5 Å². The lowest BCUT2D eigenvalue weighted by atomic mass is 9.99. The van der Waals surface area contributed by atoms with E-state index in [4.69, 9.17) is 0 Å². The second kappa shape index (κ2) is 8.06. The van der Waals surface area contributed by atoms with E-state index in [0.717, 1.165) is 17.1 Å².